The smallest absolute Gasteiger partial charge is 0.128 e. The van der Waals surface area contributed by atoms with Gasteiger partial charge in [-0.05, 0) is 24.6 Å². The maximum atomic E-state index is 13.4. The summed E-state index contributed by atoms with van der Waals surface area (Å²) in [7, 11) is 1.73. The maximum absolute atomic E-state index is 13.4. The Morgan fingerprint density at radius 3 is 2.75 bits per heavy atom. The van der Waals surface area contributed by atoms with Crippen molar-refractivity contribution in [3.63, 3.8) is 0 Å². The summed E-state index contributed by atoms with van der Waals surface area (Å²) in [5.41, 5.74) is 6.36. The summed E-state index contributed by atoms with van der Waals surface area (Å²) in [6, 6.07) is 2.93. The predicted octanol–water partition coefficient (Wildman–Crippen LogP) is 1.54. The van der Waals surface area contributed by atoms with Crippen molar-refractivity contribution >= 4 is 17.3 Å². The van der Waals surface area contributed by atoms with Crippen molar-refractivity contribution < 1.29 is 9.50 Å². The number of rotatable bonds is 4. The highest BCUT2D eigenvalue weighted by Crippen LogP contribution is 2.27. The van der Waals surface area contributed by atoms with Crippen LogP contribution in [0.15, 0.2) is 12.1 Å². The third-order valence-corrected chi connectivity index (χ3v) is 2.70. The van der Waals surface area contributed by atoms with Crippen LogP contribution >= 0.6 is 11.6 Å². The van der Waals surface area contributed by atoms with Gasteiger partial charge < -0.3 is 15.7 Å². The van der Waals surface area contributed by atoms with E-state index in [9.17, 15) is 9.50 Å². The summed E-state index contributed by atoms with van der Waals surface area (Å²) >= 11 is 6.00. The average Bonchev–Trinajstić information content (AvgIpc) is 2.23. The van der Waals surface area contributed by atoms with Crippen molar-refractivity contribution in [1.29, 1.82) is 0 Å². The van der Waals surface area contributed by atoms with Gasteiger partial charge in [-0.25, -0.2) is 4.39 Å². The van der Waals surface area contributed by atoms with Gasteiger partial charge in [0.2, 0.25) is 0 Å². The molecule has 16 heavy (non-hydrogen) atoms. The number of nitrogens with two attached hydrogens (primary N) is 1. The molecule has 1 rings (SSSR count). The highest BCUT2D eigenvalue weighted by Gasteiger charge is 2.12. The molecule has 1 aromatic rings. The second kappa shape index (κ2) is 5.48. The summed E-state index contributed by atoms with van der Waals surface area (Å²) in [6.45, 7) is 2.13. The molecule has 3 N–H and O–H groups in total. The zero-order chi connectivity index (χ0) is 12.3. The molecule has 0 radical (unpaired) electrons. The highest BCUT2D eigenvalue weighted by molar-refractivity contribution is 6.33. The van der Waals surface area contributed by atoms with E-state index in [0.717, 1.165) is 0 Å². The standard InChI is InChI=1S/C11H16ClFN2O/c1-7-3-9(12)11(4-10(7)13)15(2)6-8(16)5-14/h3-4,8,16H,5-6,14H2,1-2H3. The van der Waals surface area contributed by atoms with E-state index in [1.54, 1.807) is 24.9 Å². The van der Waals surface area contributed by atoms with Crippen LogP contribution in [0.3, 0.4) is 0 Å². The molecule has 0 spiro atoms. The zero-order valence-corrected chi connectivity index (χ0v) is 10.1. The fourth-order valence-corrected chi connectivity index (χ4v) is 1.78. The van der Waals surface area contributed by atoms with Gasteiger partial charge >= 0.3 is 0 Å². The van der Waals surface area contributed by atoms with Crippen molar-refractivity contribution in [3.05, 3.63) is 28.5 Å². The van der Waals surface area contributed by atoms with Crippen LogP contribution in [-0.2, 0) is 0 Å². The number of nitrogens with zero attached hydrogens (tertiary/aromatic N) is 1. The largest absolute Gasteiger partial charge is 0.390 e. The van der Waals surface area contributed by atoms with Crippen LogP contribution in [0, 0.1) is 12.7 Å². The molecule has 0 aromatic heterocycles. The van der Waals surface area contributed by atoms with Gasteiger partial charge in [-0.2, -0.15) is 0 Å². The Morgan fingerprint density at radius 1 is 1.56 bits per heavy atom. The quantitative estimate of drug-likeness (QED) is 0.848. The summed E-state index contributed by atoms with van der Waals surface area (Å²) in [5, 5.41) is 9.86. The number of likely N-dealkylation sites (N-methyl/N-ethyl adjacent to an activating group) is 1. The van der Waals surface area contributed by atoms with Crippen LogP contribution < -0.4 is 10.6 Å². The zero-order valence-electron chi connectivity index (χ0n) is 9.37. The van der Waals surface area contributed by atoms with Crippen molar-refractivity contribution in [2.45, 2.75) is 13.0 Å². The molecule has 5 heteroatoms. The van der Waals surface area contributed by atoms with E-state index in [0.29, 0.717) is 22.8 Å². The molecule has 3 nitrogen and oxygen atoms in total. The van der Waals surface area contributed by atoms with E-state index < -0.39 is 6.10 Å². The third-order valence-electron chi connectivity index (χ3n) is 2.40. The maximum Gasteiger partial charge on any atom is 0.128 e. The van der Waals surface area contributed by atoms with Gasteiger partial charge in [0, 0.05) is 20.1 Å². The summed E-state index contributed by atoms with van der Waals surface area (Å²) in [6.07, 6.45) is -0.648. The number of halogens is 2. The van der Waals surface area contributed by atoms with Crippen LogP contribution in [0.4, 0.5) is 10.1 Å². The number of anilines is 1. The molecule has 0 saturated heterocycles. The normalized spacial score (nSPS) is 12.6. The van der Waals surface area contributed by atoms with Crippen LogP contribution in [0.1, 0.15) is 5.56 Å². The van der Waals surface area contributed by atoms with E-state index in [-0.39, 0.29) is 12.4 Å². The summed E-state index contributed by atoms with van der Waals surface area (Å²) in [4.78, 5) is 1.68. The molecule has 0 amide bonds. The van der Waals surface area contributed by atoms with E-state index in [1.165, 1.54) is 6.07 Å². The van der Waals surface area contributed by atoms with Crippen molar-refractivity contribution in [2.75, 3.05) is 25.0 Å². The summed E-state index contributed by atoms with van der Waals surface area (Å²) in [5.74, 6) is -0.312. The Hall–Kier alpha value is -0.840. The number of benzene rings is 1. The average molecular weight is 247 g/mol. The highest BCUT2D eigenvalue weighted by atomic mass is 35.5. The Bertz CT molecular complexity index is 373. The first-order valence-corrected chi connectivity index (χ1v) is 5.38. The van der Waals surface area contributed by atoms with Gasteiger partial charge in [0.1, 0.15) is 5.82 Å². The first-order chi connectivity index (χ1) is 7.45. The molecule has 0 aliphatic carbocycles. The monoisotopic (exact) mass is 246 g/mol. The molecule has 0 bridgehead atoms. The van der Waals surface area contributed by atoms with Gasteiger partial charge in [-0.3, -0.25) is 0 Å². The Morgan fingerprint density at radius 2 is 2.19 bits per heavy atom. The first-order valence-electron chi connectivity index (χ1n) is 5.00. The summed E-state index contributed by atoms with van der Waals surface area (Å²) < 4.78 is 13.4. The Labute approximate surface area is 99.6 Å². The Balaban J connectivity index is 2.91. The molecule has 0 fully saturated rings. The van der Waals surface area contributed by atoms with Crippen molar-refractivity contribution in [3.8, 4) is 0 Å². The number of hydrogen-bond donors (Lipinski definition) is 2. The van der Waals surface area contributed by atoms with E-state index in [4.69, 9.17) is 17.3 Å². The minimum absolute atomic E-state index is 0.163. The van der Waals surface area contributed by atoms with Crippen LogP contribution in [0.5, 0.6) is 0 Å². The lowest BCUT2D eigenvalue weighted by molar-refractivity contribution is 0.189. The number of hydrogen-bond acceptors (Lipinski definition) is 3. The van der Waals surface area contributed by atoms with Crippen molar-refractivity contribution in [2.24, 2.45) is 5.73 Å². The predicted molar refractivity (Wildman–Crippen MR) is 64.5 cm³/mol. The molecule has 0 heterocycles. The lowest BCUT2D eigenvalue weighted by Crippen LogP contribution is -2.34. The lowest BCUT2D eigenvalue weighted by atomic mass is 10.2. The molecule has 0 saturated carbocycles. The molecule has 1 atom stereocenters. The molecular formula is C11H16ClFN2O. The van der Waals surface area contributed by atoms with Crippen LogP contribution in [0.25, 0.3) is 0 Å². The molecule has 0 aliphatic heterocycles. The van der Waals surface area contributed by atoms with Gasteiger partial charge in [-0.1, -0.05) is 11.6 Å². The SMILES string of the molecule is Cc1cc(Cl)c(N(C)CC(O)CN)cc1F. The van der Waals surface area contributed by atoms with Gasteiger partial charge in [-0.15, -0.1) is 0 Å². The minimum Gasteiger partial charge on any atom is -0.390 e. The van der Waals surface area contributed by atoms with Crippen molar-refractivity contribution in [1.82, 2.24) is 0 Å². The fraction of sp³-hybridized carbons (Fsp3) is 0.455. The first kappa shape index (κ1) is 13.2. The molecule has 0 aliphatic rings. The van der Waals surface area contributed by atoms with Gasteiger partial charge in [0.15, 0.2) is 0 Å². The Kier molecular flexibility index (Phi) is 4.53. The molecular weight excluding hydrogens is 231 g/mol. The third kappa shape index (κ3) is 3.07. The second-order valence-corrected chi connectivity index (χ2v) is 4.23. The van der Waals surface area contributed by atoms with Gasteiger partial charge in [0.25, 0.3) is 0 Å². The topological polar surface area (TPSA) is 49.5 Å². The number of aliphatic hydroxyl groups is 1. The minimum atomic E-state index is -0.648. The van der Waals surface area contributed by atoms with E-state index in [2.05, 4.69) is 0 Å². The van der Waals surface area contributed by atoms with Crippen LogP contribution in [-0.4, -0.2) is 31.3 Å². The van der Waals surface area contributed by atoms with E-state index in [1.807, 2.05) is 0 Å². The lowest BCUT2D eigenvalue weighted by Gasteiger charge is -2.23. The fourth-order valence-electron chi connectivity index (χ4n) is 1.42. The van der Waals surface area contributed by atoms with Crippen LogP contribution in [0.2, 0.25) is 5.02 Å². The number of aryl methyl sites for hydroxylation is 1. The second-order valence-electron chi connectivity index (χ2n) is 3.82. The van der Waals surface area contributed by atoms with E-state index >= 15 is 0 Å². The number of aliphatic hydroxyl groups excluding tert-OH is 1. The molecule has 1 unspecified atom stereocenters. The molecule has 90 valence electrons. The molecule has 1 aromatic carbocycles. The van der Waals surface area contributed by atoms with Gasteiger partial charge in [0.05, 0.1) is 16.8 Å².